The topological polar surface area (TPSA) is 105 Å². The summed E-state index contributed by atoms with van der Waals surface area (Å²) in [6.45, 7) is 0.0489. The first-order valence-electron chi connectivity index (χ1n) is 7.66. The molecule has 2 aromatic rings. The zero-order valence-corrected chi connectivity index (χ0v) is 14.4. The molecule has 146 valence electrons. The van der Waals surface area contributed by atoms with Gasteiger partial charge in [0, 0.05) is 20.2 Å². The predicted molar refractivity (Wildman–Crippen MR) is 89.6 cm³/mol. The molecule has 0 aliphatic carbocycles. The van der Waals surface area contributed by atoms with Crippen molar-refractivity contribution in [2.45, 2.75) is 12.4 Å². The van der Waals surface area contributed by atoms with Gasteiger partial charge in [-0.15, -0.1) is 13.2 Å². The first-order valence-corrected chi connectivity index (χ1v) is 7.66. The zero-order chi connectivity index (χ0) is 20.0. The number of rotatable bonds is 7. The monoisotopic (exact) mass is 386 g/mol. The van der Waals surface area contributed by atoms with Crippen LogP contribution in [-0.2, 0) is 4.74 Å². The Morgan fingerprint density at radius 2 is 1.96 bits per heavy atom. The van der Waals surface area contributed by atoms with Gasteiger partial charge in [-0.2, -0.15) is 0 Å². The molecule has 1 amide bonds. The molecule has 1 atom stereocenters. The van der Waals surface area contributed by atoms with Crippen LogP contribution in [0.2, 0.25) is 0 Å². The highest BCUT2D eigenvalue weighted by Gasteiger charge is 2.31. The molecule has 0 aliphatic heterocycles. The van der Waals surface area contributed by atoms with Gasteiger partial charge in [0.05, 0.1) is 12.6 Å². The molecular formula is C16H17F3N4O4. The van der Waals surface area contributed by atoms with Crippen LogP contribution in [0, 0.1) is 0 Å². The van der Waals surface area contributed by atoms with Gasteiger partial charge < -0.3 is 20.1 Å². The maximum atomic E-state index is 12.4. The summed E-state index contributed by atoms with van der Waals surface area (Å²) in [4.78, 5) is 30.3. The number of aromatic nitrogens is 2. The van der Waals surface area contributed by atoms with Gasteiger partial charge in [0.1, 0.15) is 11.4 Å². The second-order valence-corrected chi connectivity index (χ2v) is 5.33. The molecule has 0 bridgehead atoms. The van der Waals surface area contributed by atoms with Crippen LogP contribution >= 0.6 is 0 Å². The van der Waals surface area contributed by atoms with Gasteiger partial charge >= 0.3 is 6.36 Å². The Morgan fingerprint density at radius 1 is 1.30 bits per heavy atom. The highest BCUT2D eigenvalue weighted by molar-refractivity contribution is 5.92. The largest absolute Gasteiger partial charge is 0.573 e. The van der Waals surface area contributed by atoms with Crippen LogP contribution in [0.4, 0.5) is 19.1 Å². The lowest BCUT2D eigenvalue weighted by Gasteiger charge is -2.19. The minimum Gasteiger partial charge on any atom is -0.406 e. The molecule has 0 radical (unpaired) electrons. The number of anilines is 1. The number of nitrogens with zero attached hydrogens (tertiary/aromatic N) is 1. The molecule has 1 unspecified atom stereocenters. The number of ether oxygens (including phenoxy) is 2. The van der Waals surface area contributed by atoms with Gasteiger partial charge in [-0.3, -0.25) is 14.6 Å². The number of hydrogen-bond acceptors (Lipinski definition) is 6. The molecule has 27 heavy (non-hydrogen) atoms. The Balaban J connectivity index is 2.18. The molecule has 1 aromatic heterocycles. The zero-order valence-electron chi connectivity index (χ0n) is 14.4. The minimum absolute atomic E-state index is 0.0489. The molecule has 1 heterocycles. The third-order valence-corrected chi connectivity index (χ3v) is 3.37. The van der Waals surface area contributed by atoms with Crippen molar-refractivity contribution in [3.05, 3.63) is 51.9 Å². The number of carbonyl (C=O) groups is 1. The molecule has 0 fully saturated rings. The smallest absolute Gasteiger partial charge is 0.406 e. The van der Waals surface area contributed by atoms with Gasteiger partial charge in [-0.25, -0.2) is 4.98 Å². The van der Waals surface area contributed by atoms with Crippen molar-refractivity contribution in [3.8, 4) is 5.75 Å². The number of H-pyrrole nitrogens is 1. The lowest BCUT2D eigenvalue weighted by atomic mass is 10.1. The second-order valence-electron chi connectivity index (χ2n) is 5.33. The van der Waals surface area contributed by atoms with E-state index < -0.39 is 23.9 Å². The minimum atomic E-state index is -4.79. The van der Waals surface area contributed by atoms with E-state index in [1.165, 1.54) is 26.3 Å². The first-order chi connectivity index (χ1) is 12.7. The van der Waals surface area contributed by atoms with E-state index >= 15 is 0 Å². The lowest BCUT2D eigenvalue weighted by molar-refractivity contribution is -0.274. The molecule has 11 heteroatoms. The van der Waals surface area contributed by atoms with Gasteiger partial charge in [0.15, 0.2) is 0 Å². The van der Waals surface area contributed by atoms with E-state index in [0.29, 0.717) is 5.56 Å². The molecule has 0 saturated carbocycles. The van der Waals surface area contributed by atoms with Crippen molar-refractivity contribution in [3.63, 3.8) is 0 Å². The molecular weight excluding hydrogens is 369 g/mol. The van der Waals surface area contributed by atoms with Crippen molar-refractivity contribution >= 4 is 11.9 Å². The Bertz CT molecular complexity index is 837. The fourth-order valence-electron chi connectivity index (χ4n) is 2.21. The Kier molecular flexibility index (Phi) is 6.40. The molecule has 1 aromatic carbocycles. The lowest BCUT2D eigenvalue weighted by Crippen LogP contribution is -2.33. The van der Waals surface area contributed by atoms with E-state index in [1.54, 1.807) is 0 Å². The Labute approximate surface area is 151 Å². The Hall–Kier alpha value is -3.08. The number of alkyl halides is 3. The quantitative estimate of drug-likeness (QED) is 0.671. The maximum absolute atomic E-state index is 12.4. The number of amides is 1. The molecule has 3 N–H and O–H groups in total. The van der Waals surface area contributed by atoms with E-state index in [1.807, 2.05) is 0 Å². The molecule has 0 spiro atoms. The maximum Gasteiger partial charge on any atom is 0.573 e. The van der Waals surface area contributed by atoms with Gasteiger partial charge in [0.2, 0.25) is 5.95 Å². The molecule has 0 aliphatic rings. The van der Waals surface area contributed by atoms with Crippen LogP contribution < -0.4 is 20.9 Å². The summed E-state index contributed by atoms with van der Waals surface area (Å²) in [6.07, 6.45) is -4.79. The first kappa shape index (κ1) is 20.2. The number of methoxy groups -OCH3 is 1. The van der Waals surface area contributed by atoms with Crippen LogP contribution in [0.3, 0.4) is 0 Å². The summed E-state index contributed by atoms with van der Waals surface area (Å²) < 4.78 is 45.6. The number of benzene rings is 1. The third-order valence-electron chi connectivity index (χ3n) is 3.37. The third kappa shape index (κ3) is 5.99. The van der Waals surface area contributed by atoms with Crippen LogP contribution in [0.1, 0.15) is 22.1 Å². The summed E-state index contributed by atoms with van der Waals surface area (Å²) in [7, 11) is 2.93. The fraction of sp³-hybridized carbons (Fsp3) is 0.312. The van der Waals surface area contributed by atoms with E-state index in [-0.39, 0.29) is 24.0 Å². The summed E-state index contributed by atoms with van der Waals surface area (Å²) in [5, 5.41) is 5.25. The van der Waals surface area contributed by atoms with E-state index in [4.69, 9.17) is 4.74 Å². The summed E-state index contributed by atoms with van der Waals surface area (Å²) in [5.74, 6) is -0.913. The number of halogens is 3. The number of carbonyl (C=O) groups excluding carboxylic acids is 1. The summed E-state index contributed by atoms with van der Waals surface area (Å²) >= 11 is 0. The summed E-state index contributed by atoms with van der Waals surface area (Å²) in [5.41, 5.74) is -0.156. The Morgan fingerprint density at radius 3 is 2.52 bits per heavy atom. The van der Waals surface area contributed by atoms with Crippen molar-refractivity contribution < 1.29 is 27.4 Å². The average Bonchev–Trinajstić information content (AvgIpc) is 2.60. The van der Waals surface area contributed by atoms with E-state index in [0.717, 1.165) is 18.2 Å². The molecule has 8 nitrogen and oxygen atoms in total. The number of nitrogens with one attached hydrogen (secondary N) is 3. The average molecular weight is 386 g/mol. The van der Waals surface area contributed by atoms with E-state index in [2.05, 4.69) is 25.3 Å². The van der Waals surface area contributed by atoms with Crippen molar-refractivity contribution in [1.29, 1.82) is 0 Å². The summed E-state index contributed by atoms with van der Waals surface area (Å²) in [6, 6.07) is 5.34. The second kappa shape index (κ2) is 8.54. The highest BCUT2D eigenvalue weighted by atomic mass is 19.4. The van der Waals surface area contributed by atoms with Crippen molar-refractivity contribution in [2.75, 3.05) is 26.1 Å². The van der Waals surface area contributed by atoms with Gasteiger partial charge in [-0.05, 0) is 17.7 Å². The van der Waals surface area contributed by atoms with Crippen molar-refractivity contribution in [1.82, 2.24) is 15.3 Å². The number of hydrogen-bond donors (Lipinski definition) is 3. The van der Waals surface area contributed by atoms with Crippen LogP contribution in [0.25, 0.3) is 0 Å². The van der Waals surface area contributed by atoms with Gasteiger partial charge in [0.25, 0.3) is 11.5 Å². The standard InChI is InChI=1S/C16H17F3N4O4/c1-20-15-22-11(7-13(24)23-15)14(25)21-12(8-26-2)9-3-5-10(6-4-9)27-16(17,18)19/h3-7,12H,8H2,1-2H3,(H,21,25)(H2,20,22,23,24). The molecule has 0 saturated heterocycles. The SMILES string of the molecule is CNc1nc(C(=O)NC(COC)c2ccc(OC(F)(F)F)cc2)cc(=O)[nH]1. The highest BCUT2D eigenvalue weighted by Crippen LogP contribution is 2.24. The predicted octanol–water partition coefficient (Wildman–Crippen LogP) is 1.83. The van der Waals surface area contributed by atoms with Crippen LogP contribution in [-0.4, -0.2) is 43.0 Å². The fourth-order valence-corrected chi connectivity index (χ4v) is 2.21. The van der Waals surface area contributed by atoms with E-state index in [9.17, 15) is 22.8 Å². The van der Waals surface area contributed by atoms with Gasteiger partial charge in [-0.1, -0.05) is 12.1 Å². The normalized spacial score (nSPS) is 12.3. The molecule has 2 rings (SSSR count). The van der Waals surface area contributed by atoms with Crippen molar-refractivity contribution in [2.24, 2.45) is 0 Å². The number of aromatic amines is 1. The van der Waals surface area contributed by atoms with Crippen LogP contribution in [0.5, 0.6) is 5.75 Å². The van der Waals surface area contributed by atoms with Crippen LogP contribution in [0.15, 0.2) is 35.1 Å².